The van der Waals surface area contributed by atoms with Crippen molar-refractivity contribution < 1.29 is 22.4 Å². The zero-order valence-corrected chi connectivity index (χ0v) is 8.82. The molecule has 0 heterocycles. The van der Waals surface area contributed by atoms with Crippen LogP contribution in [0, 0.1) is 5.82 Å². The maximum absolute atomic E-state index is 12.8. The lowest BCUT2D eigenvalue weighted by Crippen LogP contribution is -2.10. The third-order valence-electron chi connectivity index (χ3n) is 1.72. The van der Waals surface area contributed by atoms with E-state index in [0.29, 0.717) is 12.1 Å². The number of hydrogen-bond donors (Lipinski definition) is 0. The van der Waals surface area contributed by atoms with Gasteiger partial charge in [0.2, 0.25) is 0 Å². The van der Waals surface area contributed by atoms with Crippen molar-refractivity contribution in [2.75, 3.05) is 5.33 Å². The fourth-order valence-electron chi connectivity index (χ4n) is 0.993. The lowest BCUT2D eigenvalue weighted by molar-refractivity contribution is -0.140. The van der Waals surface area contributed by atoms with E-state index in [1.54, 1.807) is 0 Å². The van der Waals surface area contributed by atoms with Crippen LogP contribution in [0.1, 0.15) is 15.9 Å². The van der Waals surface area contributed by atoms with Crippen molar-refractivity contribution in [3.63, 3.8) is 0 Å². The zero-order valence-electron chi connectivity index (χ0n) is 7.24. The fraction of sp³-hybridized carbons (Fsp3) is 0.222. The SMILES string of the molecule is O=C(CBr)c1ccc(F)c(C(F)(F)F)c1. The molecule has 0 aromatic heterocycles. The van der Waals surface area contributed by atoms with Gasteiger partial charge in [0.05, 0.1) is 10.9 Å². The van der Waals surface area contributed by atoms with Crippen LogP contribution in [0.2, 0.25) is 0 Å². The molecule has 0 N–H and O–H groups in total. The summed E-state index contributed by atoms with van der Waals surface area (Å²) in [7, 11) is 0. The number of rotatable bonds is 2. The van der Waals surface area contributed by atoms with Gasteiger partial charge >= 0.3 is 6.18 Å². The first-order chi connectivity index (χ1) is 6.86. The van der Waals surface area contributed by atoms with E-state index in [4.69, 9.17) is 0 Å². The molecule has 0 spiro atoms. The first-order valence-corrected chi connectivity index (χ1v) is 4.94. The van der Waals surface area contributed by atoms with E-state index in [-0.39, 0.29) is 10.9 Å². The van der Waals surface area contributed by atoms with Crippen LogP contribution in [0.3, 0.4) is 0 Å². The third-order valence-corrected chi connectivity index (χ3v) is 2.22. The van der Waals surface area contributed by atoms with Gasteiger partial charge in [-0.05, 0) is 18.2 Å². The number of alkyl halides is 4. The lowest BCUT2D eigenvalue weighted by atomic mass is 10.1. The van der Waals surface area contributed by atoms with Crippen molar-refractivity contribution in [3.05, 3.63) is 35.1 Å². The maximum atomic E-state index is 12.8. The van der Waals surface area contributed by atoms with E-state index < -0.39 is 23.3 Å². The second kappa shape index (κ2) is 4.30. The van der Waals surface area contributed by atoms with Gasteiger partial charge in [-0.1, -0.05) is 15.9 Å². The standard InChI is InChI=1S/C9H5BrF4O/c10-4-8(15)5-1-2-7(11)6(3-5)9(12,13)14/h1-3H,4H2. The molecule has 0 saturated heterocycles. The number of carbonyl (C=O) groups excluding carboxylic acids is 1. The van der Waals surface area contributed by atoms with Crippen molar-refractivity contribution in [2.24, 2.45) is 0 Å². The average Bonchev–Trinajstić information content (AvgIpc) is 2.15. The Morgan fingerprint density at radius 2 is 1.93 bits per heavy atom. The van der Waals surface area contributed by atoms with Crippen molar-refractivity contribution in [1.82, 2.24) is 0 Å². The molecule has 0 bridgehead atoms. The molecule has 1 aromatic rings. The van der Waals surface area contributed by atoms with Gasteiger partial charge < -0.3 is 0 Å². The topological polar surface area (TPSA) is 17.1 Å². The van der Waals surface area contributed by atoms with Crippen molar-refractivity contribution in [2.45, 2.75) is 6.18 Å². The van der Waals surface area contributed by atoms with Crippen LogP contribution in [-0.2, 0) is 6.18 Å². The summed E-state index contributed by atoms with van der Waals surface area (Å²) in [6, 6.07) is 2.17. The molecule has 0 amide bonds. The summed E-state index contributed by atoms with van der Waals surface area (Å²) >= 11 is 2.82. The van der Waals surface area contributed by atoms with E-state index in [1.165, 1.54) is 0 Å². The Labute approximate surface area is 91.2 Å². The third kappa shape index (κ3) is 2.77. The van der Waals surface area contributed by atoms with Crippen LogP contribution in [0.5, 0.6) is 0 Å². The average molecular weight is 285 g/mol. The largest absolute Gasteiger partial charge is 0.419 e. The highest BCUT2D eigenvalue weighted by molar-refractivity contribution is 9.09. The maximum Gasteiger partial charge on any atom is 0.419 e. The smallest absolute Gasteiger partial charge is 0.293 e. The predicted octanol–water partition coefficient (Wildman–Crippen LogP) is 3.42. The minimum atomic E-state index is -4.79. The highest BCUT2D eigenvalue weighted by Gasteiger charge is 2.34. The van der Waals surface area contributed by atoms with E-state index >= 15 is 0 Å². The Hall–Kier alpha value is -0.910. The van der Waals surface area contributed by atoms with Crippen LogP contribution in [0.15, 0.2) is 18.2 Å². The molecule has 0 radical (unpaired) electrons. The zero-order chi connectivity index (χ0) is 11.6. The number of benzene rings is 1. The number of ketones is 1. The van der Waals surface area contributed by atoms with Gasteiger partial charge in [0.1, 0.15) is 5.82 Å². The van der Waals surface area contributed by atoms with E-state index in [0.717, 1.165) is 6.07 Å². The van der Waals surface area contributed by atoms with E-state index in [1.807, 2.05) is 0 Å². The van der Waals surface area contributed by atoms with Crippen molar-refractivity contribution >= 4 is 21.7 Å². The fourth-order valence-corrected chi connectivity index (χ4v) is 1.32. The Morgan fingerprint density at radius 1 is 1.33 bits per heavy atom. The molecule has 0 aliphatic rings. The second-order valence-electron chi connectivity index (χ2n) is 2.75. The van der Waals surface area contributed by atoms with Crippen LogP contribution in [0.25, 0.3) is 0 Å². The van der Waals surface area contributed by atoms with Gasteiger partial charge in [0, 0.05) is 5.56 Å². The molecule has 1 aromatic carbocycles. The normalized spacial score (nSPS) is 11.5. The minimum Gasteiger partial charge on any atom is -0.293 e. The number of halogens is 5. The van der Waals surface area contributed by atoms with Crippen LogP contribution < -0.4 is 0 Å². The minimum absolute atomic E-state index is 0.101. The summed E-state index contributed by atoms with van der Waals surface area (Å²) in [5.41, 5.74) is -1.59. The van der Waals surface area contributed by atoms with Crippen molar-refractivity contribution in [3.8, 4) is 0 Å². The molecule has 0 atom stereocenters. The predicted molar refractivity (Wildman–Crippen MR) is 49.5 cm³/mol. The monoisotopic (exact) mass is 284 g/mol. The molecular formula is C9H5BrF4O. The molecule has 0 unspecified atom stereocenters. The Morgan fingerprint density at radius 3 is 2.40 bits per heavy atom. The number of carbonyl (C=O) groups is 1. The molecule has 0 saturated carbocycles. The Kier molecular flexibility index (Phi) is 3.49. The Bertz CT molecular complexity index is 386. The van der Waals surface area contributed by atoms with Gasteiger partial charge in [-0.15, -0.1) is 0 Å². The number of Topliss-reactive ketones (excluding diaryl/α,β-unsaturated/α-hetero) is 1. The lowest BCUT2D eigenvalue weighted by Gasteiger charge is -2.08. The quantitative estimate of drug-likeness (QED) is 0.462. The summed E-state index contributed by atoms with van der Waals surface area (Å²) in [6.07, 6.45) is -4.79. The molecule has 0 fully saturated rings. The van der Waals surface area contributed by atoms with E-state index in [9.17, 15) is 22.4 Å². The molecule has 6 heteroatoms. The highest BCUT2D eigenvalue weighted by atomic mass is 79.9. The summed E-state index contributed by atoms with van der Waals surface area (Å²) in [6.45, 7) is 0. The first-order valence-electron chi connectivity index (χ1n) is 3.82. The first kappa shape index (κ1) is 12.2. The molecular weight excluding hydrogens is 280 g/mol. The highest BCUT2D eigenvalue weighted by Crippen LogP contribution is 2.31. The van der Waals surface area contributed by atoms with Gasteiger partial charge in [-0.25, -0.2) is 4.39 Å². The number of hydrogen-bond acceptors (Lipinski definition) is 1. The molecule has 1 nitrogen and oxygen atoms in total. The summed E-state index contributed by atoms with van der Waals surface area (Å²) < 4.78 is 49.5. The molecule has 82 valence electrons. The summed E-state index contributed by atoms with van der Waals surface area (Å²) in [5.74, 6) is -1.91. The molecule has 1 rings (SSSR count). The molecule has 0 aliphatic heterocycles. The van der Waals surface area contributed by atoms with Gasteiger partial charge in [0.15, 0.2) is 5.78 Å². The van der Waals surface area contributed by atoms with Crippen molar-refractivity contribution in [1.29, 1.82) is 0 Å². The van der Waals surface area contributed by atoms with Crippen LogP contribution in [0.4, 0.5) is 17.6 Å². The second-order valence-corrected chi connectivity index (χ2v) is 3.31. The van der Waals surface area contributed by atoms with Crippen LogP contribution in [-0.4, -0.2) is 11.1 Å². The van der Waals surface area contributed by atoms with Gasteiger partial charge in [-0.3, -0.25) is 4.79 Å². The van der Waals surface area contributed by atoms with Crippen LogP contribution >= 0.6 is 15.9 Å². The Balaban J connectivity index is 3.23. The summed E-state index contributed by atoms with van der Waals surface area (Å²) in [4.78, 5) is 11.1. The van der Waals surface area contributed by atoms with Gasteiger partial charge in [-0.2, -0.15) is 13.2 Å². The summed E-state index contributed by atoms with van der Waals surface area (Å²) in [5, 5.41) is -0.101. The van der Waals surface area contributed by atoms with Gasteiger partial charge in [0.25, 0.3) is 0 Å². The molecule has 15 heavy (non-hydrogen) atoms. The van der Waals surface area contributed by atoms with E-state index in [2.05, 4.69) is 15.9 Å². The molecule has 0 aliphatic carbocycles.